The molecule has 0 atom stereocenters. The molecule has 58 valence electrons. The molecule has 2 heteroatoms. The van der Waals surface area contributed by atoms with Gasteiger partial charge in [0, 0.05) is 0 Å². The molecule has 1 N–H and O–H groups in total. The van der Waals surface area contributed by atoms with Gasteiger partial charge in [-0.25, -0.2) is 0 Å². The van der Waals surface area contributed by atoms with Crippen LogP contribution in [-0.4, -0.2) is 13.0 Å². The molecule has 0 heterocycles. The van der Waals surface area contributed by atoms with E-state index in [9.17, 15) is 5.11 Å². The van der Waals surface area contributed by atoms with Crippen molar-refractivity contribution in [2.75, 3.05) is 0 Å². The first-order chi connectivity index (χ1) is 5.15. The molecule has 1 aromatic rings. The molecule has 0 saturated heterocycles. The van der Waals surface area contributed by atoms with Crippen molar-refractivity contribution in [1.29, 1.82) is 0 Å². The van der Waals surface area contributed by atoms with Gasteiger partial charge in [0.05, 0.1) is 0 Å². The molecule has 0 fully saturated rings. The van der Waals surface area contributed by atoms with Gasteiger partial charge in [0.15, 0.2) is 0 Å². The van der Waals surface area contributed by atoms with E-state index in [1.165, 1.54) is 11.1 Å². The van der Waals surface area contributed by atoms with Gasteiger partial charge >= 0.3 is 0 Å². The highest BCUT2D eigenvalue weighted by Crippen LogP contribution is 2.21. The molecule has 0 spiro atoms. The SMILES string of the molecule is BCc1cc(C)c(C)c(O)c1. The molecule has 1 aromatic carbocycles. The predicted octanol–water partition coefficient (Wildman–Crippen LogP) is 1.14. The number of phenolic OH excluding ortho intramolecular Hbond substituents is 1. The van der Waals surface area contributed by atoms with Crippen molar-refractivity contribution < 1.29 is 5.11 Å². The molecule has 0 amide bonds. The third-order valence-electron chi connectivity index (χ3n) is 2.11. The standard InChI is InChI=1S/C9H13BO/c1-6-3-8(5-10)4-9(11)7(6)2/h3-4,11H,5,10H2,1-2H3. The van der Waals surface area contributed by atoms with Gasteiger partial charge in [0.25, 0.3) is 0 Å². The predicted molar refractivity (Wildman–Crippen MR) is 49.8 cm³/mol. The van der Waals surface area contributed by atoms with Crippen molar-refractivity contribution in [2.24, 2.45) is 0 Å². The van der Waals surface area contributed by atoms with E-state index in [2.05, 4.69) is 13.9 Å². The quantitative estimate of drug-likeness (QED) is 0.592. The Hall–Kier alpha value is -0.915. The van der Waals surface area contributed by atoms with E-state index in [1.807, 2.05) is 19.9 Å². The maximum atomic E-state index is 9.41. The summed E-state index contributed by atoms with van der Waals surface area (Å²) in [7, 11) is 2.09. The Morgan fingerprint density at radius 3 is 2.45 bits per heavy atom. The highest BCUT2D eigenvalue weighted by Gasteiger charge is 2.00. The Balaban J connectivity index is 3.21. The smallest absolute Gasteiger partial charge is 0.118 e. The molecule has 11 heavy (non-hydrogen) atoms. The van der Waals surface area contributed by atoms with E-state index < -0.39 is 0 Å². The Kier molecular flexibility index (Phi) is 2.23. The molecule has 0 aliphatic heterocycles. The Bertz CT molecular complexity index is 245. The normalized spacial score (nSPS) is 10.0. The first-order valence-corrected chi connectivity index (χ1v) is 3.94. The molecule has 1 nitrogen and oxygen atoms in total. The first-order valence-electron chi connectivity index (χ1n) is 3.94. The van der Waals surface area contributed by atoms with Crippen LogP contribution in [0.4, 0.5) is 0 Å². The average molecular weight is 148 g/mol. The van der Waals surface area contributed by atoms with Crippen LogP contribution in [0, 0.1) is 13.8 Å². The number of hydrogen-bond acceptors (Lipinski definition) is 1. The van der Waals surface area contributed by atoms with E-state index in [1.54, 1.807) is 0 Å². The van der Waals surface area contributed by atoms with Crippen LogP contribution in [0.2, 0.25) is 0 Å². The lowest BCUT2D eigenvalue weighted by atomic mass is 9.94. The highest BCUT2D eigenvalue weighted by atomic mass is 16.3. The van der Waals surface area contributed by atoms with Gasteiger partial charge in [0.2, 0.25) is 0 Å². The zero-order valence-electron chi connectivity index (χ0n) is 7.31. The second-order valence-corrected chi connectivity index (χ2v) is 2.91. The molecule has 0 saturated carbocycles. The monoisotopic (exact) mass is 148 g/mol. The lowest BCUT2D eigenvalue weighted by molar-refractivity contribution is 0.470. The summed E-state index contributed by atoms with van der Waals surface area (Å²) in [6.07, 6.45) is 0.981. The summed E-state index contributed by atoms with van der Waals surface area (Å²) in [5.41, 5.74) is 3.36. The van der Waals surface area contributed by atoms with Crippen molar-refractivity contribution in [3.63, 3.8) is 0 Å². The zero-order valence-corrected chi connectivity index (χ0v) is 7.31. The fraction of sp³-hybridized carbons (Fsp3) is 0.333. The topological polar surface area (TPSA) is 20.2 Å². The summed E-state index contributed by atoms with van der Waals surface area (Å²) in [5, 5.41) is 9.41. The Labute approximate surface area is 68.5 Å². The van der Waals surface area contributed by atoms with E-state index in [0.717, 1.165) is 11.9 Å². The van der Waals surface area contributed by atoms with Crippen LogP contribution in [0.3, 0.4) is 0 Å². The van der Waals surface area contributed by atoms with Crippen LogP contribution in [0.25, 0.3) is 0 Å². The van der Waals surface area contributed by atoms with Crippen molar-refractivity contribution in [3.8, 4) is 5.75 Å². The minimum absolute atomic E-state index is 0.418. The van der Waals surface area contributed by atoms with Gasteiger partial charge in [-0.05, 0) is 31.0 Å². The second kappa shape index (κ2) is 2.99. The van der Waals surface area contributed by atoms with Gasteiger partial charge < -0.3 is 5.11 Å². The van der Waals surface area contributed by atoms with Crippen LogP contribution in [-0.2, 0) is 6.32 Å². The molecule has 1 rings (SSSR count). The van der Waals surface area contributed by atoms with Gasteiger partial charge in [-0.1, -0.05) is 17.9 Å². The van der Waals surface area contributed by atoms with Crippen molar-refractivity contribution in [1.82, 2.24) is 0 Å². The lowest BCUT2D eigenvalue weighted by Crippen LogP contribution is -1.88. The number of rotatable bonds is 1. The molecule has 0 unspecified atom stereocenters. The molecule has 0 bridgehead atoms. The van der Waals surface area contributed by atoms with E-state index in [0.29, 0.717) is 5.75 Å². The van der Waals surface area contributed by atoms with E-state index in [4.69, 9.17) is 0 Å². The van der Waals surface area contributed by atoms with Gasteiger partial charge in [0.1, 0.15) is 13.6 Å². The maximum Gasteiger partial charge on any atom is 0.118 e. The van der Waals surface area contributed by atoms with Crippen LogP contribution in [0.1, 0.15) is 16.7 Å². The van der Waals surface area contributed by atoms with Crippen LogP contribution >= 0.6 is 0 Å². The second-order valence-electron chi connectivity index (χ2n) is 2.91. The van der Waals surface area contributed by atoms with Gasteiger partial charge in [-0.15, -0.1) is 0 Å². The van der Waals surface area contributed by atoms with Crippen molar-refractivity contribution in [3.05, 3.63) is 28.8 Å². The highest BCUT2D eigenvalue weighted by molar-refractivity contribution is 6.08. The molecule has 0 radical (unpaired) electrons. The zero-order chi connectivity index (χ0) is 8.43. The summed E-state index contributed by atoms with van der Waals surface area (Å²) in [4.78, 5) is 0. The molecular weight excluding hydrogens is 135 g/mol. The number of aromatic hydroxyl groups is 1. The molecule has 0 aliphatic carbocycles. The lowest BCUT2D eigenvalue weighted by Gasteiger charge is -2.05. The third kappa shape index (κ3) is 1.56. The number of phenols is 1. The molecular formula is C9H13BO. The van der Waals surface area contributed by atoms with Gasteiger partial charge in [-0.3, -0.25) is 0 Å². The largest absolute Gasteiger partial charge is 0.508 e. The Morgan fingerprint density at radius 1 is 1.36 bits per heavy atom. The van der Waals surface area contributed by atoms with Crippen LogP contribution < -0.4 is 0 Å². The fourth-order valence-electron chi connectivity index (χ4n) is 1.12. The van der Waals surface area contributed by atoms with Crippen molar-refractivity contribution >= 4 is 7.85 Å². The minimum atomic E-state index is 0.418. The number of hydrogen-bond donors (Lipinski definition) is 1. The average Bonchev–Trinajstić information content (AvgIpc) is 1.99. The summed E-state index contributed by atoms with van der Waals surface area (Å²) in [6.45, 7) is 3.96. The van der Waals surface area contributed by atoms with E-state index >= 15 is 0 Å². The Morgan fingerprint density at radius 2 is 2.00 bits per heavy atom. The third-order valence-corrected chi connectivity index (χ3v) is 2.11. The molecule has 0 aliphatic rings. The summed E-state index contributed by atoms with van der Waals surface area (Å²) >= 11 is 0. The summed E-state index contributed by atoms with van der Waals surface area (Å²) in [5.74, 6) is 0.418. The maximum absolute atomic E-state index is 9.41. The first kappa shape index (κ1) is 8.18. The van der Waals surface area contributed by atoms with Crippen LogP contribution in [0.15, 0.2) is 12.1 Å². The van der Waals surface area contributed by atoms with Crippen LogP contribution in [0.5, 0.6) is 5.75 Å². The fourth-order valence-corrected chi connectivity index (χ4v) is 1.12. The minimum Gasteiger partial charge on any atom is -0.508 e. The van der Waals surface area contributed by atoms with Gasteiger partial charge in [-0.2, -0.15) is 0 Å². The summed E-state index contributed by atoms with van der Waals surface area (Å²) in [6, 6.07) is 3.96. The van der Waals surface area contributed by atoms with Crippen molar-refractivity contribution in [2.45, 2.75) is 20.2 Å². The number of aryl methyl sites for hydroxylation is 1. The number of benzene rings is 1. The molecule has 0 aromatic heterocycles. The van der Waals surface area contributed by atoms with E-state index in [-0.39, 0.29) is 0 Å². The summed E-state index contributed by atoms with van der Waals surface area (Å²) < 4.78 is 0.